The third kappa shape index (κ3) is 6.28. The van der Waals surface area contributed by atoms with Crippen molar-refractivity contribution >= 4 is 79.8 Å². The lowest BCUT2D eigenvalue weighted by Gasteiger charge is -2.24. The van der Waals surface area contributed by atoms with E-state index in [4.69, 9.17) is 0 Å². The summed E-state index contributed by atoms with van der Waals surface area (Å²) in [4.78, 5) is 67.5. The summed E-state index contributed by atoms with van der Waals surface area (Å²) >= 11 is 2.95. The summed E-state index contributed by atoms with van der Waals surface area (Å²) in [6, 6.07) is 14.0. The highest BCUT2D eigenvalue weighted by molar-refractivity contribution is 7.15. The lowest BCUT2D eigenvalue weighted by atomic mass is 10.1. The fourth-order valence-corrected chi connectivity index (χ4v) is 8.66. The van der Waals surface area contributed by atoms with E-state index in [2.05, 4.69) is 20.6 Å². The second-order valence-electron chi connectivity index (χ2n) is 13.1. The van der Waals surface area contributed by atoms with Gasteiger partial charge in [0.1, 0.15) is 23.5 Å². The molecule has 2 aromatic carbocycles. The van der Waals surface area contributed by atoms with Gasteiger partial charge in [-0.05, 0) is 74.9 Å². The summed E-state index contributed by atoms with van der Waals surface area (Å²) < 4.78 is 3.60. The van der Waals surface area contributed by atoms with E-state index < -0.39 is 12.1 Å². The second-order valence-corrected chi connectivity index (χ2v) is 14.8. The van der Waals surface area contributed by atoms with Crippen molar-refractivity contribution in [3.8, 4) is 0 Å². The molecular weight excluding hydrogens is 697 g/mol. The molecule has 0 bridgehead atoms. The Morgan fingerprint density at radius 3 is 1.46 bits per heavy atom. The molecule has 2 aliphatic heterocycles. The normalized spacial score (nSPS) is 17.5. The zero-order valence-corrected chi connectivity index (χ0v) is 30.2. The zero-order valence-electron chi connectivity index (χ0n) is 28.6. The Hall–Kier alpha value is -5.60. The number of likely N-dealkylation sites (tertiary alicyclic amines) is 2. The number of carbonyl (C=O) groups excluding carboxylic acids is 4. The number of nitrogens with one attached hydrogen (secondary N) is 2. The average Bonchev–Trinajstić information content (AvgIpc) is 3.98. The van der Waals surface area contributed by atoms with Crippen LogP contribution in [0.5, 0.6) is 0 Å². The Balaban J connectivity index is 0.858. The highest BCUT2D eigenvalue weighted by atomic mass is 32.1. The van der Waals surface area contributed by atoms with Crippen molar-refractivity contribution in [3.63, 3.8) is 0 Å². The van der Waals surface area contributed by atoms with E-state index in [0.29, 0.717) is 60.1 Å². The van der Waals surface area contributed by atoms with E-state index in [0.717, 1.165) is 33.9 Å². The van der Waals surface area contributed by atoms with Crippen LogP contribution in [0, 0.1) is 13.8 Å². The number of hydrogen-bond acceptors (Lipinski definition) is 8. The first kappa shape index (κ1) is 33.5. The molecule has 4 aromatic heterocycles. The quantitative estimate of drug-likeness (QED) is 0.175. The van der Waals surface area contributed by atoms with E-state index in [1.165, 1.54) is 22.7 Å². The summed E-state index contributed by atoms with van der Waals surface area (Å²) in [7, 11) is 0. The van der Waals surface area contributed by atoms with Gasteiger partial charge in [0.05, 0.1) is 11.4 Å². The number of amides is 4. The molecule has 4 amide bonds. The number of rotatable bonds is 8. The molecule has 52 heavy (non-hydrogen) atoms. The first-order valence-corrected chi connectivity index (χ1v) is 19.0. The number of fused-ring (bicyclic) bond motifs is 2. The van der Waals surface area contributed by atoms with Crippen molar-refractivity contribution in [1.29, 1.82) is 0 Å². The van der Waals surface area contributed by atoms with Gasteiger partial charge >= 0.3 is 0 Å². The van der Waals surface area contributed by atoms with E-state index in [1.54, 1.807) is 18.6 Å². The first-order valence-electron chi connectivity index (χ1n) is 17.2. The Morgan fingerprint density at radius 1 is 0.654 bits per heavy atom. The van der Waals surface area contributed by atoms with Gasteiger partial charge in [-0.2, -0.15) is 0 Å². The van der Waals surface area contributed by atoms with Gasteiger partial charge in [-0.25, -0.2) is 9.97 Å². The van der Waals surface area contributed by atoms with E-state index in [9.17, 15) is 19.2 Å². The fraction of sp³-hybridized carbons (Fsp3) is 0.263. The Kier molecular flexibility index (Phi) is 8.93. The maximum Gasteiger partial charge on any atom is 0.273 e. The van der Waals surface area contributed by atoms with Gasteiger partial charge in [-0.3, -0.25) is 28.0 Å². The predicted molar refractivity (Wildman–Crippen MR) is 203 cm³/mol. The molecule has 12 nitrogen and oxygen atoms in total. The van der Waals surface area contributed by atoms with E-state index in [-0.39, 0.29) is 23.6 Å². The number of benzene rings is 2. The third-order valence-corrected chi connectivity index (χ3v) is 11.2. The van der Waals surface area contributed by atoms with Crippen LogP contribution in [0.4, 0.5) is 11.4 Å². The van der Waals surface area contributed by atoms with Crippen LogP contribution in [0.3, 0.4) is 0 Å². The molecule has 6 heterocycles. The molecule has 0 unspecified atom stereocenters. The summed E-state index contributed by atoms with van der Waals surface area (Å²) in [6.07, 6.45) is 10.4. The van der Waals surface area contributed by atoms with E-state index >= 15 is 0 Å². The predicted octanol–water partition coefficient (Wildman–Crippen LogP) is 6.38. The molecule has 264 valence electrons. The van der Waals surface area contributed by atoms with Crippen LogP contribution < -0.4 is 10.6 Å². The SMILES string of the molecule is Cc1nc2sccn2c1C(=O)N1CCC[C@@H]1C(=O)Nc1ccc(/C=C/c2ccc(NC(=O)[C@H]3CCCN3C(=O)c3c(C)nc4sccn34)cc2)cc1. The summed E-state index contributed by atoms with van der Waals surface area (Å²) in [5.74, 6) is -0.758. The minimum Gasteiger partial charge on any atom is -0.325 e. The number of aryl methyl sites for hydroxylation is 2. The van der Waals surface area contributed by atoms with Crippen LogP contribution in [0.1, 0.15) is 69.2 Å². The summed E-state index contributed by atoms with van der Waals surface area (Å²) in [6.45, 7) is 4.70. The number of carbonyl (C=O) groups is 4. The standard InChI is InChI=1S/C38H36N8O4S2/c1-23-31(45-19-21-51-37(45)39-23)35(49)43-17-3-5-29(43)33(47)41-27-13-9-25(10-14-27)7-8-26-11-15-28(16-12-26)42-34(48)30-6-4-18-44(30)36(50)32-24(2)40-38-46(32)20-22-52-38/h7-16,19-22,29-30H,3-6,17-18H2,1-2H3,(H,41,47)(H,42,48)/b8-7+/t29-,30-/m1/s1. The van der Waals surface area contributed by atoms with E-state index in [1.807, 2.05) is 97.7 Å². The molecular formula is C38H36N8O4S2. The van der Waals surface area contributed by atoms with Crippen molar-refractivity contribution in [2.75, 3.05) is 23.7 Å². The number of anilines is 2. The van der Waals surface area contributed by atoms with Crippen molar-refractivity contribution in [2.24, 2.45) is 0 Å². The number of aromatic nitrogens is 4. The fourth-order valence-electron chi connectivity index (χ4n) is 7.14. The van der Waals surface area contributed by atoms with Gasteiger partial charge in [0, 0.05) is 47.6 Å². The molecule has 6 aromatic rings. The third-order valence-electron chi connectivity index (χ3n) is 9.74. The number of hydrogen-bond donors (Lipinski definition) is 2. The lowest BCUT2D eigenvalue weighted by Crippen LogP contribution is -2.43. The second kappa shape index (κ2) is 13.8. The highest BCUT2D eigenvalue weighted by Crippen LogP contribution is 2.27. The Morgan fingerprint density at radius 2 is 1.06 bits per heavy atom. The lowest BCUT2D eigenvalue weighted by molar-refractivity contribution is -0.120. The van der Waals surface area contributed by atoms with Crippen molar-refractivity contribution in [1.82, 2.24) is 28.6 Å². The molecule has 0 saturated carbocycles. The smallest absolute Gasteiger partial charge is 0.273 e. The number of thiazole rings is 2. The number of nitrogens with zero attached hydrogens (tertiary/aromatic N) is 6. The number of imidazole rings is 2. The molecule has 2 aliphatic rings. The molecule has 2 N–H and O–H groups in total. The van der Waals surface area contributed by atoms with Crippen LogP contribution in [0.25, 0.3) is 22.1 Å². The minimum atomic E-state index is -0.549. The van der Waals surface area contributed by atoms with Gasteiger partial charge in [0.15, 0.2) is 9.92 Å². The van der Waals surface area contributed by atoms with Crippen molar-refractivity contribution < 1.29 is 19.2 Å². The average molecular weight is 733 g/mol. The van der Waals surface area contributed by atoms with Crippen molar-refractivity contribution in [2.45, 2.75) is 51.6 Å². The van der Waals surface area contributed by atoms with Crippen LogP contribution in [0.2, 0.25) is 0 Å². The molecule has 0 aliphatic carbocycles. The molecule has 14 heteroatoms. The monoisotopic (exact) mass is 732 g/mol. The first-order chi connectivity index (χ1) is 25.2. The molecule has 0 radical (unpaired) electrons. The maximum atomic E-state index is 13.5. The minimum absolute atomic E-state index is 0.176. The summed E-state index contributed by atoms with van der Waals surface area (Å²) in [5.41, 5.74) is 5.56. The zero-order chi connectivity index (χ0) is 35.9. The molecule has 8 rings (SSSR count). The molecule has 2 saturated heterocycles. The van der Waals surface area contributed by atoms with Crippen LogP contribution in [-0.2, 0) is 9.59 Å². The molecule has 0 spiro atoms. The molecule has 2 atom stereocenters. The van der Waals surface area contributed by atoms with Crippen LogP contribution >= 0.6 is 22.7 Å². The van der Waals surface area contributed by atoms with Crippen LogP contribution in [-0.4, -0.2) is 77.4 Å². The van der Waals surface area contributed by atoms with Gasteiger partial charge < -0.3 is 20.4 Å². The maximum absolute atomic E-state index is 13.5. The summed E-state index contributed by atoms with van der Waals surface area (Å²) in [5, 5.41) is 9.77. The molecule has 2 fully saturated rings. The van der Waals surface area contributed by atoms with Gasteiger partial charge in [-0.15, -0.1) is 22.7 Å². The van der Waals surface area contributed by atoms with Crippen molar-refractivity contribution in [3.05, 3.63) is 106 Å². The van der Waals surface area contributed by atoms with Gasteiger partial charge in [-0.1, -0.05) is 36.4 Å². The Bertz CT molecular complexity index is 2190. The van der Waals surface area contributed by atoms with Gasteiger partial charge in [0.25, 0.3) is 11.8 Å². The topological polar surface area (TPSA) is 133 Å². The Labute approximate surface area is 307 Å². The highest BCUT2D eigenvalue weighted by Gasteiger charge is 2.38. The van der Waals surface area contributed by atoms with Gasteiger partial charge in [0.2, 0.25) is 11.8 Å². The largest absolute Gasteiger partial charge is 0.325 e. The van der Waals surface area contributed by atoms with Crippen LogP contribution in [0.15, 0.2) is 71.7 Å².